The lowest BCUT2D eigenvalue weighted by molar-refractivity contribution is 0.0663. The van der Waals surface area contributed by atoms with Gasteiger partial charge in [0.25, 0.3) is 5.91 Å². The predicted molar refractivity (Wildman–Crippen MR) is 104 cm³/mol. The van der Waals surface area contributed by atoms with Crippen LogP contribution in [-0.2, 0) is 11.2 Å². The molecular formula is C21H26N2O5. The van der Waals surface area contributed by atoms with Crippen LogP contribution in [0.4, 0.5) is 0 Å². The van der Waals surface area contributed by atoms with Gasteiger partial charge in [-0.25, -0.2) is 4.98 Å². The van der Waals surface area contributed by atoms with Gasteiger partial charge in [-0.2, -0.15) is 0 Å². The van der Waals surface area contributed by atoms with Crippen molar-refractivity contribution in [2.75, 3.05) is 34.0 Å². The summed E-state index contributed by atoms with van der Waals surface area (Å²) in [5.41, 5.74) is 1.55. The normalized spacial score (nSPS) is 15.9. The highest BCUT2D eigenvalue weighted by molar-refractivity contribution is 5.93. The van der Waals surface area contributed by atoms with Gasteiger partial charge in [0, 0.05) is 25.4 Å². The second-order valence-electron chi connectivity index (χ2n) is 6.53. The van der Waals surface area contributed by atoms with Gasteiger partial charge in [0.15, 0.2) is 11.5 Å². The van der Waals surface area contributed by atoms with Crippen molar-refractivity contribution in [3.8, 4) is 17.4 Å². The van der Waals surface area contributed by atoms with E-state index >= 15 is 0 Å². The quantitative estimate of drug-likeness (QED) is 0.714. The van der Waals surface area contributed by atoms with Gasteiger partial charge < -0.3 is 24.3 Å². The van der Waals surface area contributed by atoms with Crippen molar-refractivity contribution < 1.29 is 23.7 Å². The molecule has 2 heterocycles. The molecule has 2 aromatic rings. The maximum atomic E-state index is 12.3. The SMILES string of the molecule is COc1ccc(CCNC(=O)c2ccc(OCC3CCCO3)nc2)cc1OC. The Morgan fingerprint density at radius 1 is 1.21 bits per heavy atom. The monoisotopic (exact) mass is 386 g/mol. The lowest BCUT2D eigenvalue weighted by atomic mass is 10.1. The number of rotatable bonds is 9. The molecule has 0 spiro atoms. The minimum atomic E-state index is -0.168. The molecule has 1 fully saturated rings. The molecule has 1 unspecified atom stereocenters. The molecule has 7 nitrogen and oxygen atoms in total. The molecule has 28 heavy (non-hydrogen) atoms. The largest absolute Gasteiger partial charge is 0.493 e. The van der Waals surface area contributed by atoms with Crippen LogP contribution in [0.25, 0.3) is 0 Å². The summed E-state index contributed by atoms with van der Waals surface area (Å²) in [6.45, 7) is 1.79. The third-order valence-electron chi connectivity index (χ3n) is 4.59. The van der Waals surface area contributed by atoms with Gasteiger partial charge in [0.2, 0.25) is 5.88 Å². The van der Waals surface area contributed by atoms with E-state index in [4.69, 9.17) is 18.9 Å². The van der Waals surface area contributed by atoms with Gasteiger partial charge in [-0.3, -0.25) is 4.79 Å². The first-order valence-electron chi connectivity index (χ1n) is 9.39. The van der Waals surface area contributed by atoms with Crippen molar-refractivity contribution in [3.05, 3.63) is 47.7 Å². The second kappa shape index (κ2) is 9.94. The molecule has 1 saturated heterocycles. The van der Waals surface area contributed by atoms with Crippen LogP contribution in [0.2, 0.25) is 0 Å². The van der Waals surface area contributed by atoms with Crippen LogP contribution in [-0.4, -0.2) is 51.0 Å². The van der Waals surface area contributed by atoms with Crippen LogP contribution in [0, 0.1) is 0 Å². The number of aromatic nitrogens is 1. The van der Waals surface area contributed by atoms with Crippen molar-refractivity contribution in [2.24, 2.45) is 0 Å². The first-order valence-corrected chi connectivity index (χ1v) is 9.39. The van der Waals surface area contributed by atoms with Crippen LogP contribution in [0.1, 0.15) is 28.8 Å². The number of nitrogens with zero attached hydrogens (tertiary/aromatic N) is 1. The highest BCUT2D eigenvalue weighted by Crippen LogP contribution is 2.27. The molecule has 150 valence electrons. The second-order valence-corrected chi connectivity index (χ2v) is 6.53. The molecule has 7 heteroatoms. The molecular weight excluding hydrogens is 360 g/mol. The van der Waals surface area contributed by atoms with E-state index in [1.54, 1.807) is 26.4 Å². The molecule has 1 amide bonds. The zero-order valence-electron chi connectivity index (χ0n) is 16.3. The number of methoxy groups -OCH3 is 2. The topological polar surface area (TPSA) is 78.9 Å². The fraction of sp³-hybridized carbons (Fsp3) is 0.429. The number of benzene rings is 1. The van der Waals surface area contributed by atoms with E-state index in [2.05, 4.69) is 10.3 Å². The third kappa shape index (κ3) is 5.36. The minimum absolute atomic E-state index is 0.140. The zero-order valence-corrected chi connectivity index (χ0v) is 16.3. The maximum absolute atomic E-state index is 12.3. The van der Waals surface area contributed by atoms with Crippen LogP contribution in [0.15, 0.2) is 36.5 Å². The van der Waals surface area contributed by atoms with Crippen molar-refractivity contribution in [3.63, 3.8) is 0 Å². The standard InChI is InChI=1S/C21H26N2O5/c1-25-18-7-5-15(12-19(18)26-2)9-10-22-21(24)16-6-8-20(23-13-16)28-14-17-4-3-11-27-17/h5-8,12-13,17H,3-4,9-11,14H2,1-2H3,(H,22,24). The molecule has 0 bridgehead atoms. The number of ether oxygens (including phenoxy) is 4. The fourth-order valence-corrected chi connectivity index (χ4v) is 3.01. The van der Waals surface area contributed by atoms with Crippen LogP contribution in [0.3, 0.4) is 0 Å². The number of hydrogen-bond donors (Lipinski definition) is 1. The summed E-state index contributed by atoms with van der Waals surface area (Å²) < 4.78 is 21.7. The average molecular weight is 386 g/mol. The van der Waals surface area contributed by atoms with E-state index in [1.807, 2.05) is 18.2 Å². The number of pyridine rings is 1. The Bertz CT molecular complexity index is 773. The first kappa shape index (κ1) is 19.9. The van der Waals surface area contributed by atoms with Gasteiger partial charge in [-0.05, 0) is 43.0 Å². The third-order valence-corrected chi connectivity index (χ3v) is 4.59. The number of carbonyl (C=O) groups is 1. The number of amides is 1. The van der Waals surface area contributed by atoms with Gasteiger partial charge in [0.05, 0.1) is 25.9 Å². The number of carbonyl (C=O) groups excluding carboxylic acids is 1. The molecule has 0 saturated carbocycles. The smallest absolute Gasteiger partial charge is 0.252 e. The molecule has 3 rings (SSSR count). The van der Waals surface area contributed by atoms with Crippen molar-refractivity contribution in [2.45, 2.75) is 25.4 Å². The lowest BCUT2D eigenvalue weighted by Crippen LogP contribution is -2.25. The van der Waals surface area contributed by atoms with Crippen molar-refractivity contribution in [1.29, 1.82) is 0 Å². The summed E-state index contributed by atoms with van der Waals surface area (Å²) in [7, 11) is 3.20. The maximum Gasteiger partial charge on any atom is 0.252 e. The van der Waals surface area contributed by atoms with Crippen LogP contribution >= 0.6 is 0 Å². The summed E-state index contributed by atoms with van der Waals surface area (Å²) in [5.74, 6) is 1.69. The number of nitrogens with one attached hydrogen (secondary N) is 1. The Balaban J connectivity index is 1.45. The Labute approximate surface area is 165 Å². The summed E-state index contributed by atoms with van der Waals surface area (Å²) in [6.07, 6.45) is 4.43. The Kier molecular flexibility index (Phi) is 7.08. The van der Waals surface area contributed by atoms with E-state index < -0.39 is 0 Å². The van der Waals surface area contributed by atoms with E-state index in [0.717, 1.165) is 25.0 Å². The van der Waals surface area contributed by atoms with E-state index in [1.165, 1.54) is 6.20 Å². The van der Waals surface area contributed by atoms with E-state index in [-0.39, 0.29) is 12.0 Å². The summed E-state index contributed by atoms with van der Waals surface area (Å²) in [6, 6.07) is 9.14. The van der Waals surface area contributed by atoms with Gasteiger partial charge in [-0.15, -0.1) is 0 Å². The van der Waals surface area contributed by atoms with Gasteiger partial charge >= 0.3 is 0 Å². The van der Waals surface area contributed by atoms with Gasteiger partial charge in [0.1, 0.15) is 6.61 Å². The van der Waals surface area contributed by atoms with E-state index in [9.17, 15) is 4.79 Å². The Hall–Kier alpha value is -2.80. The molecule has 1 aromatic carbocycles. The summed E-state index contributed by atoms with van der Waals surface area (Å²) >= 11 is 0. The Morgan fingerprint density at radius 2 is 2.07 bits per heavy atom. The zero-order chi connectivity index (χ0) is 19.8. The summed E-state index contributed by atoms with van der Waals surface area (Å²) in [4.78, 5) is 16.5. The van der Waals surface area contributed by atoms with Crippen LogP contribution < -0.4 is 19.5 Å². The molecule has 0 radical (unpaired) electrons. The first-order chi connectivity index (χ1) is 13.7. The van der Waals surface area contributed by atoms with Crippen LogP contribution in [0.5, 0.6) is 17.4 Å². The number of hydrogen-bond acceptors (Lipinski definition) is 6. The molecule has 1 aliphatic rings. The predicted octanol–water partition coefficient (Wildman–Crippen LogP) is 2.63. The molecule has 1 aromatic heterocycles. The molecule has 1 N–H and O–H groups in total. The van der Waals surface area contributed by atoms with E-state index in [0.29, 0.717) is 42.5 Å². The lowest BCUT2D eigenvalue weighted by Gasteiger charge is -2.11. The minimum Gasteiger partial charge on any atom is -0.493 e. The fourth-order valence-electron chi connectivity index (χ4n) is 3.01. The molecule has 1 atom stereocenters. The summed E-state index contributed by atoms with van der Waals surface area (Å²) in [5, 5.41) is 2.90. The highest BCUT2D eigenvalue weighted by Gasteiger charge is 2.16. The van der Waals surface area contributed by atoms with Crippen molar-refractivity contribution >= 4 is 5.91 Å². The average Bonchev–Trinajstić information content (AvgIpc) is 3.26. The molecule has 0 aliphatic carbocycles. The molecule has 1 aliphatic heterocycles. The Morgan fingerprint density at radius 3 is 2.75 bits per heavy atom. The van der Waals surface area contributed by atoms with Gasteiger partial charge in [-0.1, -0.05) is 6.07 Å². The van der Waals surface area contributed by atoms with Crippen molar-refractivity contribution in [1.82, 2.24) is 10.3 Å². The highest BCUT2D eigenvalue weighted by atomic mass is 16.5.